The summed E-state index contributed by atoms with van der Waals surface area (Å²) in [4.78, 5) is 28.2. The second kappa shape index (κ2) is 9.74. The number of aromatic nitrogens is 2. The quantitative estimate of drug-likeness (QED) is 0.817. The molecule has 1 amide bonds. The fraction of sp³-hybridized carbons (Fsp3) is 0.773. The minimum atomic E-state index is 0.153. The largest absolute Gasteiger partial charge is 0.394 e. The highest BCUT2D eigenvalue weighted by Gasteiger charge is 2.27. The summed E-state index contributed by atoms with van der Waals surface area (Å²) in [5.74, 6) is 2.77. The lowest BCUT2D eigenvalue weighted by Crippen LogP contribution is -2.49. The molecule has 1 saturated carbocycles. The Labute approximate surface area is 174 Å². The molecular weight excluding hydrogens is 366 g/mol. The molecule has 0 aromatic carbocycles. The van der Waals surface area contributed by atoms with Crippen LogP contribution in [0.25, 0.3) is 0 Å². The van der Waals surface area contributed by atoms with Crippen LogP contribution in [0.15, 0.2) is 12.4 Å². The Bertz CT molecular complexity index is 671. The van der Waals surface area contributed by atoms with E-state index >= 15 is 0 Å². The molecule has 0 spiro atoms. The van der Waals surface area contributed by atoms with Gasteiger partial charge in [-0.3, -0.25) is 4.79 Å². The standard InChI is InChI=1S/C22H35N5O2/c28-16-19-8-4-5-9-27(19)21-15-20(23-17-24-21)25-10-12-26(13-11-25)22(29)14-18-6-2-1-3-7-18/h15,17-19,28H,1-14,16H2. The molecule has 3 heterocycles. The van der Waals surface area contributed by atoms with Crippen LogP contribution in [-0.2, 0) is 4.79 Å². The zero-order chi connectivity index (χ0) is 20.1. The predicted octanol–water partition coefficient (Wildman–Crippen LogP) is 2.45. The summed E-state index contributed by atoms with van der Waals surface area (Å²) in [7, 11) is 0. The summed E-state index contributed by atoms with van der Waals surface area (Å²) in [6, 6.07) is 2.20. The Morgan fingerprint density at radius 2 is 1.66 bits per heavy atom. The van der Waals surface area contributed by atoms with Crippen LogP contribution >= 0.6 is 0 Å². The number of amides is 1. The van der Waals surface area contributed by atoms with E-state index in [1.54, 1.807) is 6.33 Å². The van der Waals surface area contributed by atoms with Crippen LogP contribution in [0.5, 0.6) is 0 Å². The molecular formula is C22H35N5O2. The fourth-order valence-corrected chi connectivity index (χ4v) is 5.11. The third kappa shape index (κ3) is 5.00. The molecule has 1 atom stereocenters. The van der Waals surface area contributed by atoms with E-state index in [1.807, 2.05) is 11.0 Å². The number of rotatable bonds is 5. The number of anilines is 2. The number of carbonyl (C=O) groups is 1. The van der Waals surface area contributed by atoms with Crippen LogP contribution < -0.4 is 9.80 Å². The van der Waals surface area contributed by atoms with Crippen molar-refractivity contribution in [2.75, 3.05) is 49.1 Å². The Morgan fingerprint density at radius 3 is 2.41 bits per heavy atom. The van der Waals surface area contributed by atoms with Gasteiger partial charge in [0.1, 0.15) is 18.0 Å². The average molecular weight is 402 g/mol. The summed E-state index contributed by atoms with van der Waals surface area (Å²) >= 11 is 0. The van der Waals surface area contributed by atoms with E-state index in [4.69, 9.17) is 0 Å². The highest BCUT2D eigenvalue weighted by Crippen LogP contribution is 2.28. The molecule has 0 bridgehead atoms. The normalized spacial score (nSPS) is 24.0. The zero-order valence-corrected chi connectivity index (χ0v) is 17.5. The predicted molar refractivity (Wildman–Crippen MR) is 114 cm³/mol. The molecule has 1 N–H and O–H groups in total. The topological polar surface area (TPSA) is 72.8 Å². The SMILES string of the molecule is O=C(CC1CCCCC1)N1CCN(c2cc(N3CCCCC3CO)ncn2)CC1. The number of piperidine rings is 1. The van der Waals surface area contributed by atoms with E-state index in [0.29, 0.717) is 11.8 Å². The molecule has 1 aromatic rings. The molecule has 3 fully saturated rings. The molecule has 1 aliphatic carbocycles. The van der Waals surface area contributed by atoms with Crippen LogP contribution in [0.1, 0.15) is 57.8 Å². The maximum Gasteiger partial charge on any atom is 0.222 e. The zero-order valence-electron chi connectivity index (χ0n) is 17.5. The van der Waals surface area contributed by atoms with Crippen molar-refractivity contribution in [2.24, 2.45) is 5.92 Å². The Morgan fingerprint density at radius 1 is 0.931 bits per heavy atom. The highest BCUT2D eigenvalue weighted by atomic mass is 16.3. The fourth-order valence-electron chi connectivity index (χ4n) is 5.11. The molecule has 4 rings (SSSR count). The van der Waals surface area contributed by atoms with Gasteiger partial charge in [-0.15, -0.1) is 0 Å². The first kappa shape index (κ1) is 20.4. The number of carbonyl (C=O) groups excluding carboxylic acids is 1. The Kier molecular flexibility index (Phi) is 6.85. The van der Waals surface area contributed by atoms with Crippen molar-refractivity contribution in [3.05, 3.63) is 12.4 Å². The minimum absolute atomic E-state index is 0.153. The van der Waals surface area contributed by atoms with Crippen LogP contribution in [0.2, 0.25) is 0 Å². The van der Waals surface area contributed by atoms with Crippen LogP contribution in [-0.4, -0.2) is 71.3 Å². The summed E-state index contributed by atoms with van der Waals surface area (Å²) in [5, 5.41) is 9.71. The van der Waals surface area contributed by atoms with Gasteiger partial charge in [0.15, 0.2) is 0 Å². The van der Waals surface area contributed by atoms with E-state index in [-0.39, 0.29) is 12.6 Å². The molecule has 160 valence electrons. The van der Waals surface area contributed by atoms with Gasteiger partial charge in [0.25, 0.3) is 0 Å². The summed E-state index contributed by atoms with van der Waals surface area (Å²) in [6.07, 6.45) is 12.0. The smallest absolute Gasteiger partial charge is 0.222 e. The van der Waals surface area contributed by atoms with Gasteiger partial charge >= 0.3 is 0 Å². The highest BCUT2D eigenvalue weighted by molar-refractivity contribution is 5.76. The maximum absolute atomic E-state index is 12.7. The lowest BCUT2D eigenvalue weighted by Gasteiger charge is -2.38. The second-order valence-electron chi connectivity index (χ2n) is 8.84. The van der Waals surface area contributed by atoms with Crippen LogP contribution in [0.3, 0.4) is 0 Å². The van der Waals surface area contributed by atoms with E-state index < -0.39 is 0 Å². The van der Waals surface area contributed by atoms with Crippen molar-refractivity contribution in [3.8, 4) is 0 Å². The number of aliphatic hydroxyl groups excluding tert-OH is 1. The lowest BCUT2D eigenvalue weighted by atomic mass is 9.86. The molecule has 1 aromatic heterocycles. The first-order valence-corrected chi connectivity index (χ1v) is 11.5. The number of hydrogen-bond acceptors (Lipinski definition) is 6. The number of piperazine rings is 1. The Hall–Kier alpha value is -1.89. The van der Waals surface area contributed by atoms with E-state index in [2.05, 4.69) is 19.8 Å². The van der Waals surface area contributed by atoms with Crippen molar-refractivity contribution in [2.45, 2.75) is 63.8 Å². The van der Waals surface area contributed by atoms with Crippen molar-refractivity contribution < 1.29 is 9.90 Å². The van der Waals surface area contributed by atoms with Gasteiger partial charge in [-0.05, 0) is 38.0 Å². The maximum atomic E-state index is 12.7. The molecule has 2 aliphatic heterocycles. The Balaban J connectivity index is 1.33. The van der Waals surface area contributed by atoms with E-state index in [9.17, 15) is 9.90 Å². The first-order valence-electron chi connectivity index (χ1n) is 11.5. The number of aliphatic hydroxyl groups is 1. The van der Waals surface area contributed by atoms with E-state index in [0.717, 1.165) is 70.0 Å². The van der Waals surface area contributed by atoms with Crippen LogP contribution in [0.4, 0.5) is 11.6 Å². The van der Waals surface area contributed by atoms with Gasteiger partial charge < -0.3 is 19.8 Å². The molecule has 1 unspecified atom stereocenters. The molecule has 0 radical (unpaired) electrons. The third-order valence-electron chi connectivity index (χ3n) is 6.91. The van der Waals surface area contributed by atoms with Crippen molar-refractivity contribution in [1.29, 1.82) is 0 Å². The molecule has 3 aliphatic rings. The van der Waals surface area contributed by atoms with Crippen molar-refractivity contribution >= 4 is 17.5 Å². The first-order chi connectivity index (χ1) is 14.2. The lowest BCUT2D eigenvalue weighted by molar-refractivity contribution is -0.132. The van der Waals surface area contributed by atoms with Gasteiger partial charge in [0.05, 0.1) is 12.6 Å². The van der Waals surface area contributed by atoms with Gasteiger partial charge in [-0.1, -0.05) is 19.3 Å². The summed E-state index contributed by atoms with van der Waals surface area (Å²) < 4.78 is 0. The van der Waals surface area contributed by atoms with Gasteiger partial charge in [0, 0.05) is 45.2 Å². The number of nitrogens with zero attached hydrogens (tertiary/aromatic N) is 5. The van der Waals surface area contributed by atoms with Crippen LogP contribution in [0, 0.1) is 5.92 Å². The third-order valence-corrected chi connectivity index (χ3v) is 6.91. The van der Waals surface area contributed by atoms with Crippen molar-refractivity contribution in [1.82, 2.24) is 14.9 Å². The minimum Gasteiger partial charge on any atom is -0.394 e. The van der Waals surface area contributed by atoms with E-state index in [1.165, 1.54) is 32.1 Å². The summed E-state index contributed by atoms with van der Waals surface area (Å²) in [5.41, 5.74) is 0. The summed E-state index contributed by atoms with van der Waals surface area (Å²) in [6.45, 7) is 4.28. The van der Waals surface area contributed by atoms with Crippen molar-refractivity contribution in [3.63, 3.8) is 0 Å². The molecule has 7 nitrogen and oxygen atoms in total. The molecule has 29 heavy (non-hydrogen) atoms. The second-order valence-corrected chi connectivity index (χ2v) is 8.84. The van der Waals surface area contributed by atoms with Gasteiger partial charge in [-0.2, -0.15) is 0 Å². The number of hydrogen-bond donors (Lipinski definition) is 1. The van der Waals surface area contributed by atoms with Gasteiger partial charge in [-0.25, -0.2) is 9.97 Å². The monoisotopic (exact) mass is 401 g/mol. The van der Waals surface area contributed by atoms with Gasteiger partial charge in [0.2, 0.25) is 5.91 Å². The molecule has 2 saturated heterocycles. The molecule has 7 heteroatoms. The average Bonchev–Trinajstić information content (AvgIpc) is 2.80.